The number of rotatable bonds is 6. The smallest absolute Gasteiger partial charge is 0.338 e. The summed E-state index contributed by atoms with van der Waals surface area (Å²) in [6.07, 6.45) is 0.960. The molecule has 0 aliphatic carbocycles. The van der Waals surface area contributed by atoms with Gasteiger partial charge in [-0.2, -0.15) is 8.42 Å². The number of ether oxygens (including phenoxy) is 2. The van der Waals surface area contributed by atoms with Gasteiger partial charge in [-0.05, 0) is 18.2 Å². The molecular formula is C11H13BrO6S. The van der Waals surface area contributed by atoms with Gasteiger partial charge in [0, 0.05) is 4.47 Å². The zero-order chi connectivity index (χ0) is 14.5. The molecule has 1 aromatic rings. The standard InChI is InChI=1S/C11H13BrO6S/c1-16-11(13)8-5-9(12)7-10(6-8)17-3-4-18-19(2,14)15/h5-7H,3-4H2,1-2H3. The normalized spacial score (nSPS) is 11.1. The SMILES string of the molecule is COC(=O)c1cc(Br)cc(OCCOS(C)(=O)=O)c1. The summed E-state index contributed by atoms with van der Waals surface area (Å²) < 4.78 is 36.5. The summed E-state index contributed by atoms with van der Waals surface area (Å²) in [7, 11) is -2.19. The number of benzene rings is 1. The van der Waals surface area contributed by atoms with Crippen LogP contribution in [0.15, 0.2) is 22.7 Å². The highest BCUT2D eigenvalue weighted by Crippen LogP contribution is 2.22. The van der Waals surface area contributed by atoms with Crippen molar-refractivity contribution in [1.82, 2.24) is 0 Å². The minimum atomic E-state index is -3.48. The van der Waals surface area contributed by atoms with Crippen molar-refractivity contribution in [2.24, 2.45) is 0 Å². The van der Waals surface area contributed by atoms with Gasteiger partial charge in [0.05, 0.1) is 18.9 Å². The monoisotopic (exact) mass is 352 g/mol. The van der Waals surface area contributed by atoms with Crippen molar-refractivity contribution in [3.05, 3.63) is 28.2 Å². The first-order valence-corrected chi connectivity index (χ1v) is 7.79. The Morgan fingerprint density at radius 3 is 2.53 bits per heavy atom. The van der Waals surface area contributed by atoms with Gasteiger partial charge in [0.2, 0.25) is 0 Å². The van der Waals surface area contributed by atoms with Crippen molar-refractivity contribution < 1.29 is 26.9 Å². The maximum atomic E-state index is 11.4. The van der Waals surface area contributed by atoms with E-state index in [9.17, 15) is 13.2 Å². The summed E-state index contributed by atoms with van der Waals surface area (Å²) in [5.74, 6) is -0.0783. The van der Waals surface area contributed by atoms with E-state index in [4.69, 9.17) is 4.74 Å². The van der Waals surface area contributed by atoms with Gasteiger partial charge in [0.15, 0.2) is 0 Å². The van der Waals surface area contributed by atoms with Gasteiger partial charge in [-0.3, -0.25) is 4.18 Å². The van der Waals surface area contributed by atoms with E-state index < -0.39 is 16.1 Å². The average Bonchev–Trinajstić information content (AvgIpc) is 2.32. The quantitative estimate of drug-likeness (QED) is 0.439. The number of esters is 1. The van der Waals surface area contributed by atoms with Crippen molar-refractivity contribution in [3.8, 4) is 5.75 Å². The minimum absolute atomic E-state index is 0.0458. The molecule has 6 nitrogen and oxygen atoms in total. The second kappa shape index (κ2) is 6.88. The largest absolute Gasteiger partial charge is 0.491 e. The molecule has 0 fully saturated rings. The molecule has 1 rings (SSSR count). The number of methoxy groups -OCH3 is 1. The molecule has 106 valence electrons. The lowest BCUT2D eigenvalue weighted by molar-refractivity contribution is 0.0600. The summed E-state index contributed by atoms with van der Waals surface area (Å²) in [6.45, 7) is -0.0525. The minimum Gasteiger partial charge on any atom is -0.491 e. The van der Waals surface area contributed by atoms with Crippen LogP contribution in [0.5, 0.6) is 5.75 Å². The van der Waals surface area contributed by atoms with Gasteiger partial charge in [-0.15, -0.1) is 0 Å². The molecule has 0 radical (unpaired) electrons. The molecule has 0 heterocycles. The summed E-state index contributed by atoms with van der Waals surface area (Å²) >= 11 is 3.24. The van der Waals surface area contributed by atoms with Crippen LogP contribution in [0.2, 0.25) is 0 Å². The number of hydrogen-bond acceptors (Lipinski definition) is 6. The summed E-state index contributed by atoms with van der Waals surface area (Å²) in [5.41, 5.74) is 0.330. The van der Waals surface area contributed by atoms with E-state index in [1.165, 1.54) is 13.2 Å². The number of carbonyl (C=O) groups excluding carboxylic acids is 1. The summed E-state index contributed by atoms with van der Waals surface area (Å²) in [6, 6.07) is 4.73. The highest BCUT2D eigenvalue weighted by atomic mass is 79.9. The Hall–Kier alpha value is -1.12. The number of hydrogen-bond donors (Lipinski definition) is 0. The fraction of sp³-hybridized carbons (Fsp3) is 0.364. The lowest BCUT2D eigenvalue weighted by Crippen LogP contribution is -2.11. The maximum absolute atomic E-state index is 11.4. The van der Waals surface area contributed by atoms with Crippen LogP contribution in [0, 0.1) is 0 Å². The highest BCUT2D eigenvalue weighted by Gasteiger charge is 2.09. The molecule has 19 heavy (non-hydrogen) atoms. The van der Waals surface area contributed by atoms with Gasteiger partial charge in [0.1, 0.15) is 19.0 Å². The molecule has 0 amide bonds. The Morgan fingerprint density at radius 2 is 1.95 bits per heavy atom. The molecule has 0 spiro atoms. The van der Waals surface area contributed by atoms with Crippen LogP contribution in [0.4, 0.5) is 0 Å². The Kier molecular flexibility index (Phi) is 5.77. The Labute approximate surface area is 119 Å². The summed E-state index contributed by atoms with van der Waals surface area (Å²) in [4.78, 5) is 11.4. The molecule has 0 saturated heterocycles. The lowest BCUT2D eigenvalue weighted by Gasteiger charge is -2.08. The van der Waals surface area contributed by atoms with Crippen molar-refractivity contribution >= 4 is 32.0 Å². The average molecular weight is 353 g/mol. The van der Waals surface area contributed by atoms with Crippen LogP contribution < -0.4 is 4.74 Å². The zero-order valence-electron chi connectivity index (χ0n) is 10.4. The third-order valence-corrected chi connectivity index (χ3v) is 2.99. The van der Waals surface area contributed by atoms with Gasteiger partial charge < -0.3 is 9.47 Å². The van der Waals surface area contributed by atoms with E-state index in [-0.39, 0.29) is 13.2 Å². The van der Waals surface area contributed by atoms with E-state index >= 15 is 0 Å². The maximum Gasteiger partial charge on any atom is 0.338 e. The molecule has 0 N–H and O–H groups in total. The molecule has 8 heteroatoms. The first-order chi connectivity index (χ1) is 8.81. The fourth-order valence-electron chi connectivity index (χ4n) is 1.23. The van der Waals surface area contributed by atoms with Gasteiger partial charge in [0.25, 0.3) is 10.1 Å². The van der Waals surface area contributed by atoms with E-state index in [1.54, 1.807) is 12.1 Å². The van der Waals surface area contributed by atoms with Crippen LogP contribution in [-0.4, -0.2) is 41.0 Å². The molecule has 1 aromatic carbocycles. The molecule has 0 aromatic heterocycles. The highest BCUT2D eigenvalue weighted by molar-refractivity contribution is 9.10. The van der Waals surface area contributed by atoms with E-state index in [2.05, 4.69) is 24.8 Å². The second-order valence-corrected chi connectivity index (χ2v) is 6.10. The predicted molar refractivity (Wildman–Crippen MR) is 71.8 cm³/mol. The molecule has 0 unspecified atom stereocenters. The van der Waals surface area contributed by atoms with Crippen molar-refractivity contribution in [2.75, 3.05) is 26.6 Å². The van der Waals surface area contributed by atoms with Crippen LogP contribution in [0.25, 0.3) is 0 Å². The number of halogens is 1. The van der Waals surface area contributed by atoms with Crippen molar-refractivity contribution in [3.63, 3.8) is 0 Å². The number of carbonyl (C=O) groups is 1. The van der Waals surface area contributed by atoms with Gasteiger partial charge in [-0.25, -0.2) is 4.79 Å². The second-order valence-electron chi connectivity index (χ2n) is 3.54. The van der Waals surface area contributed by atoms with Crippen LogP contribution in [-0.2, 0) is 19.0 Å². The fourth-order valence-corrected chi connectivity index (χ4v) is 2.07. The topological polar surface area (TPSA) is 78.9 Å². The molecule has 0 atom stereocenters. The van der Waals surface area contributed by atoms with Gasteiger partial charge in [-0.1, -0.05) is 15.9 Å². The predicted octanol–water partition coefficient (Wildman–Crippen LogP) is 1.59. The first kappa shape index (κ1) is 15.9. The van der Waals surface area contributed by atoms with Crippen molar-refractivity contribution in [2.45, 2.75) is 0 Å². The third-order valence-electron chi connectivity index (χ3n) is 1.94. The lowest BCUT2D eigenvalue weighted by atomic mass is 10.2. The van der Waals surface area contributed by atoms with Crippen LogP contribution in [0.1, 0.15) is 10.4 Å². The third kappa shape index (κ3) is 6.04. The van der Waals surface area contributed by atoms with E-state index in [0.29, 0.717) is 15.8 Å². The van der Waals surface area contributed by atoms with Gasteiger partial charge >= 0.3 is 5.97 Å². The molecule has 0 bridgehead atoms. The molecule has 0 saturated carbocycles. The van der Waals surface area contributed by atoms with Crippen LogP contribution in [0.3, 0.4) is 0 Å². The Bertz CT molecular complexity index is 554. The van der Waals surface area contributed by atoms with E-state index in [0.717, 1.165) is 6.26 Å². The van der Waals surface area contributed by atoms with Crippen molar-refractivity contribution in [1.29, 1.82) is 0 Å². The molecule has 0 aliphatic rings. The molecule has 0 aliphatic heterocycles. The Balaban J connectivity index is 2.63. The Morgan fingerprint density at radius 1 is 1.26 bits per heavy atom. The first-order valence-electron chi connectivity index (χ1n) is 5.18. The van der Waals surface area contributed by atoms with Crippen LogP contribution >= 0.6 is 15.9 Å². The zero-order valence-corrected chi connectivity index (χ0v) is 12.8. The summed E-state index contributed by atoms with van der Waals surface area (Å²) in [5, 5.41) is 0. The molecular weight excluding hydrogens is 340 g/mol. The van der Waals surface area contributed by atoms with E-state index in [1.807, 2.05) is 0 Å².